The van der Waals surface area contributed by atoms with Crippen molar-refractivity contribution in [3.63, 3.8) is 0 Å². The molecule has 0 fully saturated rings. The van der Waals surface area contributed by atoms with Crippen molar-refractivity contribution in [2.24, 2.45) is 5.92 Å². The van der Waals surface area contributed by atoms with Crippen molar-refractivity contribution in [1.29, 1.82) is 5.26 Å². The lowest BCUT2D eigenvalue weighted by atomic mass is 9.89. The number of nitrogens with zero attached hydrogens (tertiary/aromatic N) is 1. The average molecular weight is 372 g/mol. The Bertz CT molecular complexity index is 833. The molecule has 0 radical (unpaired) electrons. The van der Waals surface area contributed by atoms with Gasteiger partial charge in [-0.1, -0.05) is 6.92 Å². The van der Waals surface area contributed by atoms with E-state index in [9.17, 15) is 14.9 Å². The first kappa shape index (κ1) is 18.2. The second kappa shape index (κ2) is 8.19. The lowest BCUT2D eigenvalue weighted by Crippen LogP contribution is -2.21. The van der Waals surface area contributed by atoms with E-state index < -0.39 is 11.9 Å². The van der Waals surface area contributed by atoms with Crippen molar-refractivity contribution >= 4 is 28.2 Å². The zero-order chi connectivity index (χ0) is 18.5. The van der Waals surface area contributed by atoms with Gasteiger partial charge in [0, 0.05) is 11.3 Å². The Morgan fingerprint density at radius 1 is 1.50 bits per heavy atom. The fraction of sp³-hybridized carbons (Fsp3) is 0.421. The Labute approximate surface area is 155 Å². The Morgan fingerprint density at radius 3 is 3.08 bits per heavy atom. The summed E-state index contributed by atoms with van der Waals surface area (Å²) in [6, 6.07) is 5.74. The van der Waals surface area contributed by atoms with Crippen molar-refractivity contribution < 1.29 is 18.7 Å². The number of esters is 1. The summed E-state index contributed by atoms with van der Waals surface area (Å²) < 4.78 is 10.1. The molecule has 1 aliphatic carbocycles. The Hall–Kier alpha value is -2.59. The molecule has 0 aliphatic heterocycles. The highest BCUT2D eigenvalue weighted by Gasteiger charge is 2.24. The molecular formula is C19H20N2O4S. The molecule has 1 aliphatic rings. The van der Waals surface area contributed by atoms with Crippen LogP contribution in [0.25, 0.3) is 0 Å². The number of fused-ring (bicyclic) bond motifs is 1. The summed E-state index contributed by atoms with van der Waals surface area (Å²) in [7, 11) is 0. The van der Waals surface area contributed by atoms with Crippen LogP contribution in [0.5, 0.6) is 0 Å². The van der Waals surface area contributed by atoms with Crippen LogP contribution in [0.2, 0.25) is 0 Å². The van der Waals surface area contributed by atoms with E-state index in [1.807, 2.05) is 0 Å². The highest BCUT2D eigenvalue weighted by Crippen LogP contribution is 2.39. The summed E-state index contributed by atoms with van der Waals surface area (Å²) in [5.41, 5.74) is 1.61. The molecule has 0 saturated carbocycles. The van der Waals surface area contributed by atoms with Gasteiger partial charge in [-0.3, -0.25) is 9.59 Å². The molecule has 1 amide bonds. The SMILES string of the molecule is C[C@@H]1CCc2c(sc(NC(=O)COC(=O)CCc3ccco3)c2C#N)C1. The van der Waals surface area contributed by atoms with Gasteiger partial charge in [-0.05, 0) is 42.9 Å². The standard InChI is InChI=1S/C19H20N2O4S/c1-12-4-6-14-15(10-20)19(26-16(14)9-12)21-17(22)11-25-18(23)7-5-13-3-2-8-24-13/h2-3,8,12H,4-7,9,11H2,1H3,(H,21,22)/t12-/m1/s1. The Balaban J connectivity index is 1.52. The molecule has 2 heterocycles. The van der Waals surface area contributed by atoms with Gasteiger partial charge in [0.2, 0.25) is 0 Å². The van der Waals surface area contributed by atoms with Gasteiger partial charge >= 0.3 is 5.97 Å². The van der Waals surface area contributed by atoms with Gasteiger partial charge in [-0.15, -0.1) is 11.3 Å². The number of nitriles is 1. The summed E-state index contributed by atoms with van der Waals surface area (Å²) in [5.74, 6) is 0.394. The molecule has 2 aromatic rings. The smallest absolute Gasteiger partial charge is 0.306 e. The second-order valence-corrected chi connectivity index (χ2v) is 7.56. The topological polar surface area (TPSA) is 92.3 Å². The summed E-state index contributed by atoms with van der Waals surface area (Å²) in [5, 5.41) is 12.7. The van der Waals surface area contributed by atoms with Crippen LogP contribution in [0.4, 0.5) is 5.00 Å². The van der Waals surface area contributed by atoms with Crippen molar-refractivity contribution in [2.75, 3.05) is 11.9 Å². The molecule has 136 valence electrons. The van der Waals surface area contributed by atoms with E-state index in [4.69, 9.17) is 9.15 Å². The first-order valence-corrected chi connectivity index (χ1v) is 9.41. The Morgan fingerprint density at radius 2 is 2.35 bits per heavy atom. The highest BCUT2D eigenvalue weighted by atomic mass is 32.1. The average Bonchev–Trinajstić information content (AvgIpc) is 3.24. The molecular weight excluding hydrogens is 352 g/mol. The third kappa shape index (κ3) is 4.33. The third-order valence-corrected chi connectivity index (χ3v) is 5.57. The van der Waals surface area contributed by atoms with Crippen LogP contribution in [0.3, 0.4) is 0 Å². The number of rotatable bonds is 6. The largest absolute Gasteiger partial charge is 0.469 e. The summed E-state index contributed by atoms with van der Waals surface area (Å²) in [6.45, 7) is 1.83. The number of ether oxygens (including phenoxy) is 1. The first-order valence-electron chi connectivity index (χ1n) is 8.59. The summed E-state index contributed by atoms with van der Waals surface area (Å²) >= 11 is 1.45. The molecule has 7 heteroatoms. The monoisotopic (exact) mass is 372 g/mol. The number of hydrogen-bond donors (Lipinski definition) is 1. The maximum absolute atomic E-state index is 12.1. The van der Waals surface area contributed by atoms with Crippen LogP contribution in [0.1, 0.15) is 41.5 Å². The fourth-order valence-electron chi connectivity index (χ4n) is 3.02. The Kier molecular flexibility index (Phi) is 5.74. The third-order valence-electron chi connectivity index (χ3n) is 4.40. The highest BCUT2D eigenvalue weighted by molar-refractivity contribution is 7.16. The number of carbonyl (C=O) groups is 2. The number of furan rings is 1. The first-order chi connectivity index (χ1) is 12.6. The summed E-state index contributed by atoms with van der Waals surface area (Å²) in [4.78, 5) is 25.0. The van der Waals surface area contributed by atoms with Crippen LogP contribution in [-0.2, 0) is 33.6 Å². The number of carbonyl (C=O) groups excluding carboxylic acids is 2. The van der Waals surface area contributed by atoms with E-state index in [1.165, 1.54) is 16.2 Å². The van der Waals surface area contributed by atoms with Crippen LogP contribution >= 0.6 is 11.3 Å². The molecule has 2 aromatic heterocycles. The molecule has 0 bridgehead atoms. The quantitative estimate of drug-likeness (QED) is 0.784. The van der Waals surface area contributed by atoms with Gasteiger partial charge in [0.05, 0.1) is 18.2 Å². The number of nitrogens with one attached hydrogen (secondary N) is 1. The van der Waals surface area contributed by atoms with Crippen molar-refractivity contribution in [3.8, 4) is 6.07 Å². The van der Waals surface area contributed by atoms with Crippen molar-refractivity contribution in [1.82, 2.24) is 0 Å². The van der Waals surface area contributed by atoms with E-state index in [-0.39, 0.29) is 13.0 Å². The predicted octanol–water partition coefficient (Wildman–Crippen LogP) is 3.45. The number of anilines is 1. The van der Waals surface area contributed by atoms with Crippen LogP contribution in [-0.4, -0.2) is 18.5 Å². The zero-order valence-corrected chi connectivity index (χ0v) is 15.4. The van der Waals surface area contributed by atoms with Gasteiger partial charge in [-0.2, -0.15) is 5.26 Å². The van der Waals surface area contributed by atoms with E-state index in [2.05, 4.69) is 18.3 Å². The molecule has 0 aromatic carbocycles. The summed E-state index contributed by atoms with van der Waals surface area (Å²) in [6.07, 6.45) is 4.98. The van der Waals surface area contributed by atoms with E-state index in [0.717, 1.165) is 24.8 Å². The molecule has 0 spiro atoms. The second-order valence-electron chi connectivity index (χ2n) is 6.46. The van der Waals surface area contributed by atoms with Crippen LogP contribution in [0, 0.1) is 17.2 Å². The minimum absolute atomic E-state index is 0.148. The number of aryl methyl sites for hydroxylation is 1. The predicted molar refractivity (Wildman–Crippen MR) is 96.8 cm³/mol. The van der Waals surface area contributed by atoms with Gasteiger partial charge in [-0.25, -0.2) is 0 Å². The van der Waals surface area contributed by atoms with Crippen LogP contribution < -0.4 is 5.32 Å². The maximum atomic E-state index is 12.1. The van der Waals surface area contributed by atoms with Crippen LogP contribution in [0.15, 0.2) is 22.8 Å². The normalized spacial score (nSPS) is 15.8. The van der Waals surface area contributed by atoms with Crippen molar-refractivity contribution in [3.05, 3.63) is 40.2 Å². The minimum Gasteiger partial charge on any atom is -0.469 e. The van der Waals surface area contributed by atoms with E-state index in [1.54, 1.807) is 18.4 Å². The van der Waals surface area contributed by atoms with E-state index >= 15 is 0 Å². The maximum Gasteiger partial charge on any atom is 0.306 e. The lowest BCUT2D eigenvalue weighted by Gasteiger charge is -2.17. The molecule has 26 heavy (non-hydrogen) atoms. The van der Waals surface area contributed by atoms with Gasteiger partial charge < -0.3 is 14.5 Å². The molecule has 3 rings (SSSR count). The lowest BCUT2D eigenvalue weighted by molar-refractivity contribution is -0.147. The molecule has 1 atom stereocenters. The fourth-order valence-corrected chi connectivity index (χ4v) is 4.40. The zero-order valence-electron chi connectivity index (χ0n) is 14.5. The van der Waals surface area contributed by atoms with E-state index in [0.29, 0.717) is 28.7 Å². The van der Waals surface area contributed by atoms with Gasteiger partial charge in [0.15, 0.2) is 6.61 Å². The molecule has 1 N–H and O–H groups in total. The van der Waals surface area contributed by atoms with Gasteiger partial charge in [0.1, 0.15) is 16.8 Å². The van der Waals surface area contributed by atoms with Crippen molar-refractivity contribution in [2.45, 2.75) is 39.0 Å². The minimum atomic E-state index is -0.462. The molecule has 0 unspecified atom stereocenters. The number of amides is 1. The number of hydrogen-bond acceptors (Lipinski definition) is 6. The number of thiophene rings is 1. The molecule has 0 saturated heterocycles. The van der Waals surface area contributed by atoms with Gasteiger partial charge in [0.25, 0.3) is 5.91 Å². The molecule has 6 nitrogen and oxygen atoms in total.